The first kappa shape index (κ1) is 12.4. The van der Waals surface area contributed by atoms with Gasteiger partial charge in [0.25, 0.3) is 0 Å². The van der Waals surface area contributed by atoms with Gasteiger partial charge in [0.05, 0.1) is 13.2 Å². The third kappa shape index (κ3) is 5.25. The standard InChI is InChI=1S/C10H18ClNOS/c1-2-3-4-10(11)9-14-12-5-7-13-8-6-12/h9H,2-8H2,1H3. The van der Waals surface area contributed by atoms with Crippen molar-refractivity contribution in [3.63, 3.8) is 0 Å². The van der Waals surface area contributed by atoms with E-state index in [1.807, 2.05) is 0 Å². The lowest BCUT2D eigenvalue weighted by atomic mass is 10.2. The van der Waals surface area contributed by atoms with Crippen LogP contribution in [-0.2, 0) is 4.74 Å². The van der Waals surface area contributed by atoms with Crippen molar-refractivity contribution in [2.24, 2.45) is 0 Å². The highest BCUT2D eigenvalue weighted by atomic mass is 35.5. The molecule has 1 rings (SSSR count). The van der Waals surface area contributed by atoms with Gasteiger partial charge in [-0.2, -0.15) is 0 Å². The molecule has 0 aliphatic carbocycles. The van der Waals surface area contributed by atoms with Crippen molar-refractivity contribution < 1.29 is 4.74 Å². The van der Waals surface area contributed by atoms with E-state index in [2.05, 4.69) is 16.6 Å². The zero-order chi connectivity index (χ0) is 10.2. The second-order valence-electron chi connectivity index (χ2n) is 3.32. The fourth-order valence-electron chi connectivity index (χ4n) is 1.19. The lowest BCUT2D eigenvalue weighted by Crippen LogP contribution is -2.30. The molecule has 0 radical (unpaired) electrons. The summed E-state index contributed by atoms with van der Waals surface area (Å²) in [4.78, 5) is 0. The van der Waals surface area contributed by atoms with Crippen LogP contribution in [0.3, 0.4) is 0 Å². The fourth-order valence-corrected chi connectivity index (χ4v) is 2.18. The number of unbranched alkanes of at least 4 members (excludes halogenated alkanes) is 1. The SMILES string of the molecule is CCCCC(Cl)=CSN1CCOCC1. The highest BCUT2D eigenvalue weighted by Crippen LogP contribution is 2.20. The van der Waals surface area contributed by atoms with Gasteiger partial charge >= 0.3 is 0 Å². The van der Waals surface area contributed by atoms with Crippen LogP contribution in [0, 0.1) is 0 Å². The monoisotopic (exact) mass is 235 g/mol. The summed E-state index contributed by atoms with van der Waals surface area (Å²) >= 11 is 7.78. The molecule has 0 saturated carbocycles. The normalized spacial score (nSPS) is 20.0. The Hall–Kier alpha value is 0.300. The number of nitrogens with zero attached hydrogens (tertiary/aromatic N) is 1. The third-order valence-corrected chi connectivity index (χ3v) is 3.55. The van der Waals surface area contributed by atoms with Crippen LogP contribution in [0.4, 0.5) is 0 Å². The van der Waals surface area contributed by atoms with Gasteiger partial charge in [0.15, 0.2) is 0 Å². The average molecular weight is 236 g/mol. The van der Waals surface area contributed by atoms with Gasteiger partial charge in [0.2, 0.25) is 0 Å². The molecule has 1 aliphatic rings. The van der Waals surface area contributed by atoms with Crippen molar-refractivity contribution in [3.05, 3.63) is 10.4 Å². The molecular formula is C10H18ClNOS. The van der Waals surface area contributed by atoms with Crippen LogP contribution in [0.1, 0.15) is 26.2 Å². The highest BCUT2D eigenvalue weighted by Gasteiger charge is 2.09. The van der Waals surface area contributed by atoms with Crippen LogP contribution >= 0.6 is 23.5 Å². The summed E-state index contributed by atoms with van der Waals surface area (Å²) < 4.78 is 7.55. The average Bonchev–Trinajstić information content (AvgIpc) is 2.25. The zero-order valence-electron chi connectivity index (χ0n) is 8.67. The Morgan fingerprint density at radius 1 is 1.50 bits per heavy atom. The van der Waals surface area contributed by atoms with Crippen molar-refractivity contribution in [1.29, 1.82) is 0 Å². The predicted molar refractivity (Wildman–Crippen MR) is 63.4 cm³/mol. The molecular weight excluding hydrogens is 218 g/mol. The Labute approximate surface area is 95.8 Å². The minimum Gasteiger partial charge on any atom is -0.379 e. The lowest BCUT2D eigenvalue weighted by molar-refractivity contribution is 0.0776. The van der Waals surface area contributed by atoms with Gasteiger partial charge in [-0.3, -0.25) is 0 Å². The summed E-state index contributed by atoms with van der Waals surface area (Å²) in [5.41, 5.74) is 0. The van der Waals surface area contributed by atoms with Crippen molar-refractivity contribution in [1.82, 2.24) is 4.31 Å². The molecule has 0 aromatic rings. The van der Waals surface area contributed by atoms with E-state index in [4.69, 9.17) is 16.3 Å². The van der Waals surface area contributed by atoms with Crippen molar-refractivity contribution >= 4 is 23.5 Å². The van der Waals surface area contributed by atoms with Crippen LogP contribution in [0.5, 0.6) is 0 Å². The first-order chi connectivity index (χ1) is 6.83. The number of hydrogen-bond acceptors (Lipinski definition) is 3. The first-order valence-electron chi connectivity index (χ1n) is 5.17. The summed E-state index contributed by atoms with van der Waals surface area (Å²) in [5.74, 6) is 0. The van der Waals surface area contributed by atoms with E-state index in [0.29, 0.717) is 0 Å². The molecule has 1 aliphatic heterocycles. The number of ether oxygens (including phenoxy) is 1. The summed E-state index contributed by atoms with van der Waals surface area (Å²) in [5, 5.41) is 3.03. The maximum absolute atomic E-state index is 6.06. The van der Waals surface area contributed by atoms with Gasteiger partial charge < -0.3 is 4.74 Å². The van der Waals surface area contributed by atoms with Crippen molar-refractivity contribution in [2.75, 3.05) is 26.3 Å². The quantitative estimate of drug-likeness (QED) is 0.679. The van der Waals surface area contributed by atoms with Gasteiger partial charge in [-0.05, 0) is 24.8 Å². The van der Waals surface area contributed by atoms with Gasteiger partial charge in [0, 0.05) is 23.5 Å². The molecule has 14 heavy (non-hydrogen) atoms. The largest absolute Gasteiger partial charge is 0.379 e. The Balaban J connectivity index is 2.15. The van der Waals surface area contributed by atoms with Crippen LogP contribution in [0.2, 0.25) is 0 Å². The van der Waals surface area contributed by atoms with E-state index < -0.39 is 0 Å². The molecule has 2 nitrogen and oxygen atoms in total. The summed E-state index contributed by atoms with van der Waals surface area (Å²) in [6.45, 7) is 5.86. The van der Waals surface area contributed by atoms with Crippen molar-refractivity contribution in [3.8, 4) is 0 Å². The van der Waals surface area contributed by atoms with Crippen LogP contribution < -0.4 is 0 Å². The molecule has 4 heteroatoms. The Bertz CT molecular complexity index is 181. The van der Waals surface area contributed by atoms with E-state index in [9.17, 15) is 0 Å². The van der Waals surface area contributed by atoms with Gasteiger partial charge in [0.1, 0.15) is 0 Å². The molecule has 1 saturated heterocycles. The highest BCUT2D eigenvalue weighted by molar-refractivity contribution is 7.99. The van der Waals surface area contributed by atoms with E-state index >= 15 is 0 Å². The number of morpholine rings is 1. The number of hydrogen-bond donors (Lipinski definition) is 0. The topological polar surface area (TPSA) is 12.5 Å². The molecule has 0 spiro atoms. The van der Waals surface area contributed by atoms with E-state index in [0.717, 1.165) is 37.8 Å². The molecule has 0 bridgehead atoms. The molecule has 1 heterocycles. The third-order valence-electron chi connectivity index (χ3n) is 2.07. The first-order valence-corrected chi connectivity index (χ1v) is 6.38. The van der Waals surface area contributed by atoms with Crippen LogP contribution in [-0.4, -0.2) is 30.6 Å². The number of allylic oxidation sites excluding steroid dienone is 1. The second kappa shape index (κ2) is 7.57. The van der Waals surface area contributed by atoms with Gasteiger partial charge in [-0.1, -0.05) is 24.9 Å². The minimum atomic E-state index is 0.841. The maximum atomic E-state index is 6.06. The van der Waals surface area contributed by atoms with E-state index in [1.54, 1.807) is 11.9 Å². The molecule has 82 valence electrons. The van der Waals surface area contributed by atoms with E-state index in [-0.39, 0.29) is 0 Å². The Morgan fingerprint density at radius 3 is 2.86 bits per heavy atom. The Kier molecular flexibility index (Phi) is 6.69. The summed E-state index contributed by atoms with van der Waals surface area (Å²) in [6.07, 6.45) is 3.39. The Morgan fingerprint density at radius 2 is 2.21 bits per heavy atom. The molecule has 0 atom stereocenters. The second-order valence-corrected chi connectivity index (χ2v) is 4.76. The maximum Gasteiger partial charge on any atom is 0.0603 e. The molecule has 0 aromatic carbocycles. The summed E-state index contributed by atoms with van der Waals surface area (Å²) in [6, 6.07) is 0. The minimum absolute atomic E-state index is 0.841. The van der Waals surface area contributed by atoms with Crippen LogP contribution in [0.15, 0.2) is 10.4 Å². The zero-order valence-corrected chi connectivity index (χ0v) is 10.2. The lowest BCUT2D eigenvalue weighted by Gasteiger charge is -2.23. The smallest absolute Gasteiger partial charge is 0.0603 e. The van der Waals surface area contributed by atoms with Crippen molar-refractivity contribution in [2.45, 2.75) is 26.2 Å². The molecule has 0 aromatic heterocycles. The molecule has 0 N–H and O–H groups in total. The number of halogens is 1. The fraction of sp³-hybridized carbons (Fsp3) is 0.800. The van der Waals surface area contributed by atoms with Gasteiger partial charge in [-0.15, -0.1) is 0 Å². The molecule has 0 unspecified atom stereocenters. The van der Waals surface area contributed by atoms with E-state index in [1.165, 1.54) is 12.8 Å². The number of rotatable bonds is 5. The molecule has 1 fully saturated rings. The predicted octanol–water partition coefficient (Wildman–Crippen LogP) is 3.24. The van der Waals surface area contributed by atoms with Gasteiger partial charge in [-0.25, -0.2) is 4.31 Å². The molecule has 0 amide bonds. The summed E-state index contributed by atoms with van der Waals surface area (Å²) in [7, 11) is 0. The van der Waals surface area contributed by atoms with Crippen LogP contribution in [0.25, 0.3) is 0 Å².